The summed E-state index contributed by atoms with van der Waals surface area (Å²) < 4.78 is 1.84. The average molecular weight is 312 g/mol. The van der Waals surface area contributed by atoms with Crippen LogP contribution in [0, 0.1) is 13.8 Å². The molecule has 22 heavy (non-hydrogen) atoms. The standard InChI is InChI=1S/C16H16N4OS/c1-10-13(11(2)20(3)19-10)9-14-15(18-16(21)22-14)17-12-7-5-4-6-8-12/h4-9H,1-3H3,(H,17,18,21)/b14-9+. The molecular weight excluding hydrogens is 296 g/mol. The van der Waals surface area contributed by atoms with Crippen molar-refractivity contribution in [3.63, 3.8) is 0 Å². The van der Waals surface area contributed by atoms with Crippen LogP contribution in [0.15, 0.2) is 40.2 Å². The molecule has 5 nitrogen and oxygen atoms in total. The topological polar surface area (TPSA) is 59.3 Å². The highest BCUT2D eigenvalue weighted by molar-refractivity contribution is 8.18. The van der Waals surface area contributed by atoms with Gasteiger partial charge in [0.15, 0.2) is 0 Å². The molecule has 2 heterocycles. The molecule has 0 aliphatic carbocycles. The highest BCUT2D eigenvalue weighted by Crippen LogP contribution is 2.29. The molecule has 1 N–H and O–H groups in total. The number of hydrogen-bond donors (Lipinski definition) is 1. The zero-order valence-electron chi connectivity index (χ0n) is 12.6. The summed E-state index contributed by atoms with van der Waals surface area (Å²) in [6.45, 7) is 3.97. The van der Waals surface area contributed by atoms with Gasteiger partial charge in [0.2, 0.25) is 0 Å². The van der Waals surface area contributed by atoms with Crippen molar-refractivity contribution < 1.29 is 4.79 Å². The number of nitrogens with one attached hydrogen (secondary N) is 1. The monoisotopic (exact) mass is 312 g/mol. The number of hydrogen-bond acceptors (Lipinski definition) is 4. The fourth-order valence-corrected chi connectivity index (χ4v) is 2.99. The van der Waals surface area contributed by atoms with Gasteiger partial charge in [0.1, 0.15) is 5.84 Å². The first kappa shape index (κ1) is 14.6. The van der Waals surface area contributed by atoms with Crippen molar-refractivity contribution in [2.24, 2.45) is 12.0 Å². The van der Waals surface area contributed by atoms with Crippen molar-refractivity contribution in [3.8, 4) is 0 Å². The first-order valence-corrected chi connectivity index (χ1v) is 7.71. The van der Waals surface area contributed by atoms with Gasteiger partial charge >= 0.3 is 0 Å². The smallest absolute Gasteiger partial charge is 0.289 e. The van der Waals surface area contributed by atoms with Crippen LogP contribution in [0.25, 0.3) is 6.08 Å². The molecule has 0 unspecified atom stereocenters. The number of carbonyl (C=O) groups excluding carboxylic acids is 1. The van der Waals surface area contributed by atoms with Gasteiger partial charge < -0.3 is 5.32 Å². The van der Waals surface area contributed by atoms with E-state index in [9.17, 15) is 4.79 Å². The number of aromatic nitrogens is 2. The Labute approximate surface area is 133 Å². The molecule has 112 valence electrons. The molecule has 0 atom stereocenters. The summed E-state index contributed by atoms with van der Waals surface area (Å²) in [6.07, 6.45) is 1.97. The number of rotatable bonds is 2. The van der Waals surface area contributed by atoms with Gasteiger partial charge in [-0.2, -0.15) is 5.10 Å². The number of nitrogens with zero attached hydrogens (tertiary/aromatic N) is 3. The van der Waals surface area contributed by atoms with Crippen LogP contribution in [-0.4, -0.2) is 20.9 Å². The molecule has 0 radical (unpaired) electrons. The second-order valence-electron chi connectivity index (χ2n) is 5.03. The first-order chi connectivity index (χ1) is 10.5. The van der Waals surface area contributed by atoms with Gasteiger partial charge in [0, 0.05) is 18.3 Å². The maximum absolute atomic E-state index is 11.7. The summed E-state index contributed by atoms with van der Waals surface area (Å²) >= 11 is 1.16. The van der Waals surface area contributed by atoms with E-state index in [1.54, 1.807) is 0 Å². The van der Waals surface area contributed by atoms with Crippen molar-refractivity contribution in [1.82, 2.24) is 15.1 Å². The second kappa shape index (κ2) is 5.81. The van der Waals surface area contributed by atoms with E-state index in [0.29, 0.717) is 5.84 Å². The number of carbonyl (C=O) groups is 1. The quantitative estimate of drug-likeness (QED) is 0.922. The molecule has 1 aliphatic heterocycles. The highest BCUT2D eigenvalue weighted by atomic mass is 32.2. The Morgan fingerprint density at radius 3 is 2.64 bits per heavy atom. The largest absolute Gasteiger partial charge is 0.300 e. The van der Waals surface area contributed by atoms with E-state index in [1.165, 1.54) is 0 Å². The van der Waals surface area contributed by atoms with E-state index in [0.717, 1.165) is 39.3 Å². The lowest BCUT2D eigenvalue weighted by atomic mass is 10.2. The SMILES string of the molecule is Cc1nn(C)c(C)c1/C=C1/SC(=O)NC1=Nc1ccccc1. The third kappa shape index (κ3) is 2.82. The Bertz CT molecular complexity index is 790. The molecule has 1 amide bonds. The molecule has 6 heteroatoms. The van der Waals surface area contributed by atoms with Gasteiger partial charge in [-0.3, -0.25) is 9.48 Å². The van der Waals surface area contributed by atoms with E-state index in [-0.39, 0.29) is 5.24 Å². The highest BCUT2D eigenvalue weighted by Gasteiger charge is 2.24. The molecule has 1 aromatic carbocycles. The Morgan fingerprint density at radius 1 is 1.27 bits per heavy atom. The zero-order valence-corrected chi connectivity index (χ0v) is 13.4. The number of aryl methyl sites for hydroxylation is 2. The van der Waals surface area contributed by atoms with E-state index >= 15 is 0 Å². The molecule has 3 rings (SSSR count). The van der Waals surface area contributed by atoms with Crippen molar-refractivity contribution in [1.29, 1.82) is 0 Å². The molecule has 1 saturated heterocycles. The minimum absolute atomic E-state index is 0.111. The van der Waals surface area contributed by atoms with Gasteiger partial charge in [0.05, 0.1) is 16.3 Å². The molecule has 0 bridgehead atoms. The molecule has 0 saturated carbocycles. The number of amides is 1. The normalized spacial score (nSPS) is 18.2. The third-order valence-corrected chi connectivity index (χ3v) is 4.31. The van der Waals surface area contributed by atoms with Gasteiger partial charge in [-0.25, -0.2) is 4.99 Å². The summed E-state index contributed by atoms with van der Waals surface area (Å²) in [5, 5.41) is 7.08. The number of para-hydroxylation sites is 1. The van der Waals surface area contributed by atoms with Gasteiger partial charge in [-0.05, 0) is 43.8 Å². The fourth-order valence-electron chi connectivity index (χ4n) is 2.27. The summed E-state index contributed by atoms with van der Waals surface area (Å²) in [7, 11) is 1.91. The number of amidine groups is 1. The van der Waals surface area contributed by atoms with Crippen LogP contribution in [0.3, 0.4) is 0 Å². The van der Waals surface area contributed by atoms with Crippen molar-refractivity contribution in [3.05, 3.63) is 52.2 Å². The molecule has 2 aromatic rings. The van der Waals surface area contributed by atoms with E-state index in [1.807, 2.05) is 62.0 Å². The number of benzene rings is 1. The van der Waals surface area contributed by atoms with E-state index in [2.05, 4.69) is 15.4 Å². The lowest BCUT2D eigenvalue weighted by molar-refractivity contribution is 0.265. The van der Waals surface area contributed by atoms with Crippen LogP contribution in [0.4, 0.5) is 10.5 Å². The van der Waals surface area contributed by atoms with Crippen LogP contribution in [-0.2, 0) is 7.05 Å². The predicted molar refractivity (Wildman–Crippen MR) is 90.3 cm³/mol. The van der Waals surface area contributed by atoms with Crippen molar-refractivity contribution >= 4 is 34.6 Å². The molecule has 1 aromatic heterocycles. The lowest BCUT2D eigenvalue weighted by Gasteiger charge is -2.00. The fraction of sp³-hybridized carbons (Fsp3) is 0.188. The Morgan fingerprint density at radius 2 is 2.00 bits per heavy atom. The van der Waals surface area contributed by atoms with Crippen molar-refractivity contribution in [2.45, 2.75) is 13.8 Å². The van der Waals surface area contributed by atoms with Crippen LogP contribution >= 0.6 is 11.8 Å². The maximum Gasteiger partial charge on any atom is 0.289 e. The zero-order chi connectivity index (χ0) is 15.7. The van der Waals surface area contributed by atoms with Crippen LogP contribution in [0.2, 0.25) is 0 Å². The first-order valence-electron chi connectivity index (χ1n) is 6.89. The summed E-state index contributed by atoms with van der Waals surface area (Å²) in [5.41, 5.74) is 3.84. The second-order valence-corrected chi connectivity index (χ2v) is 6.04. The van der Waals surface area contributed by atoms with Gasteiger partial charge in [-0.1, -0.05) is 18.2 Å². The lowest BCUT2D eigenvalue weighted by Crippen LogP contribution is -2.18. The molecule has 1 aliphatic rings. The minimum atomic E-state index is -0.111. The Balaban J connectivity index is 2.03. The molecule has 1 fully saturated rings. The average Bonchev–Trinajstić information content (AvgIpc) is 2.95. The van der Waals surface area contributed by atoms with Gasteiger partial charge in [0.25, 0.3) is 5.24 Å². The minimum Gasteiger partial charge on any atom is -0.300 e. The Hall–Kier alpha value is -2.34. The summed E-state index contributed by atoms with van der Waals surface area (Å²) in [5.74, 6) is 0.587. The number of thioether (sulfide) groups is 1. The predicted octanol–water partition coefficient (Wildman–Crippen LogP) is 3.56. The maximum atomic E-state index is 11.7. The molecule has 0 spiro atoms. The van der Waals surface area contributed by atoms with E-state index < -0.39 is 0 Å². The summed E-state index contributed by atoms with van der Waals surface area (Å²) in [6, 6.07) is 9.58. The van der Waals surface area contributed by atoms with Crippen molar-refractivity contribution in [2.75, 3.05) is 0 Å². The van der Waals surface area contributed by atoms with E-state index in [4.69, 9.17) is 0 Å². The van der Waals surface area contributed by atoms with Crippen LogP contribution < -0.4 is 5.32 Å². The van der Waals surface area contributed by atoms with Crippen LogP contribution in [0.5, 0.6) is 0 Å². The molecular formula is C16H16N4OS. The number of aliphatic imine (C=N–C) groups is 1. The third-order valence-electron chi connectivity index (χ3n) is 3.49. The van der Waals surface area contributed by atoms with Crippen LogP contribution in [0.1, 0.15) is 17.0 Å². The Kier molecular flexibility index (Phi) is 3.85. The van der Waals surface area contributed by atoms with Gasteiger partial charge in [-0.15, -0.1) is 0 Å². The summed E-state index contributed by atoms with van der Waals surface area (Å²) in [4.78, 5) is 17.1.